The molecule has 4 rings (SSSR count). The molecule has 1 fully saturated rings. The molecule has 0 aliphatic carbocycles. The number of halogens is 1. The van der Waals surface area contributed by atoms with Crippen molar-refractivity contribution < 1.29 is 18.8 Å². The third-order valence-corrected chi connectivity index (χ3v) is 5.98. The van der Waals surface area contributed by atoms with Crippen molar-refractivity contribution >= 4 is 34.5 Å². The third-order valence-electron chi connectivity index (χ3n) is 5.12. The van der Waals surface area contributed by atoms with Crippen LogP contribution in [0.3, 0.4) is 0 Å². The fourth-order valence-electron chi connectivity index (χ4n) is 3.51. The molecule has 31 heavy (non-hydrogen) atoms. The van der Waals surface area contributed by atoms with Gasteiger partial charge in [-0.3, -0.25) is 19.3 Å². The van der Waals surface area contributed by atoms with E-state index >= 15 is 0 Å². The number of rotatable bonds is 6. The number of amides is 3. The Morgan fingerprint density at radius 3 is 2.74 bits per heavy atom. The molecular weight excluding hydrogens is 419 g/mol. The number of imidazole rings is 1. The molecule has 160 valence electrons. The Hall–Kier alpha value is -3.20. The molecule has 9 heteroatoms. The van der Waals surface area contributed by atoms with Gasteiger partial charge in [0.2, 0.25) is 11.8 Å². The second kappa shape index (κ2) is 8.50. The summed E-state index contributed by atoms with van der Waals surface area (Å²) in [6.45, 7) is 3.96. The van der Waals surface area contributed by atoms with Gasteiger partial charge in [0.05, 0.1) is 23.6 Å². The minimum Gasteiger partial charge on any atom is -0.354 e. The lowest BCUT2D eigenvalue weighted by Gasteiger charge is -2.13. The molecule has 1 N–H and O–H groups in total. The summed E-state index contributed by atoms with van der Waals surface area (Å²) in [5, 5.41) is 2.49. The van der Waals surface area contributed by atoms with Gasteiger partial charge in [0.1, 0.15) is 11.5 Å². The number of carbonyl (C=O) groups is 3. The van der Waals surface area contributed by atoms with Crippen LogP contribution >= 0.6 is 11.8 Å². The number of fused-ring (bicyclic) bond motifs is 1. The topological polar surface area (TPSA) is 83.8 Å². The molecule has 1 saturated heterocycles. The average Bonchev–Trinajstić information content (AvgIpc) is 3.24. The number of imide groups is 1. The Kier molecular flexibility index (Phi) is 5.77. The van der Waals surface area contributed by atoms with Crippen LogP contribution in [0.2, 0.25) is 0 Å². The molecule has 2 aromatic heterocycles. The fourth-order valence-corrected chi connectivity index (χ4v) is 4.26. The van der Waals surface area contributed by atoms with Crippen LogP contribution in [-0.4, -0.2) is 50.2 Å². The van der Waals surface area contributed by atoms with Gasteiger partial charge in [0.25, 0.3) is 5.24 Å². The van der Waals surface area contributed by atoms with E-state index in [1.54, 1.807) is 19.1 Å². The molecule has 0 atom stereocenters. The van der Waals surface area contributed by atoms with E-state index in [4.69, 9.17) is 0 Å². The van der Waals surface area contributed by atoms with Gasteiger partial charge in [-0.2, -0.15) is 0 Å². The minimum atomic E-state index is -0.299. The first kappa shape index (κ1) is 21.0. The summed E-state index contributed by atoms with van der Waals surface area (Å²) in [4.78, 5) is 41.8. The zero-order valence-corrected chi connectivity index (χ0v) is 18.0. The van der Waals surface area contributed by atoms with Crippen molar-refractivity contribution in [3.05, 3.63) is 59.2 Å². The molecule has 1 aliphatic heterocycles. The molecule has 0 spiro atoms. The molecule has 3 amide bonds. The summed E-state index contributed by atoms with van der Waals surface area (Å²) in [7, 11) is 0. The highest BCUT2D eigenvalue weighted by Gasteiger charge is 2.29. The van der Waals surface area contributed by atoms with Crippen molar-refractivity contribution in [3.8, 4) is 11.3 Å². The SMILES string of the molecule is Cc1ccc2nc(-c3ccc(F)c(C)c3)c(CC(=O)NCCN3C(=O)CSC3=O)n2c1. The second-order valence-corrected chi connectivity index (χ2v) is 8.36. The van der Waals surface area contributed by atoms with Gasteiger partial charge < -0.3 is 9.72 Å². The Morgan fingerprint density at radius 1 is 1.23 bits per heavy atom. The van der Waals surface area contributed by atoms with Crippen molar-refractivity contribution in [3.63, 3.8) is 0 Å². The summed E-state index contributed by atoms with van der Waals surface area (Å²) in [5.41, 5.74) is 4.23. The number of benzene rings is 1. The number of aromatic nitrogens is 2. The third kappa shape index (κ3) is 4.32. The van der Waals surface area contributed by atoms with Gasteiger partial charge in [-0.1, -0.05) is 17.8 Å². The van der Waals surface area contributed by atoms with Crippen LogP contribution in [0, 0.1) is 19.7 Å². The van der Waals surface area contributed by atoms with Crippen LogP contribution in [-0.2, 0) is 16.0 Å². The van der Waals surface area contributed by atoms with E-state index in [-0.39, 0.29) is 48.1 Å². The number of thioether (sulfide) groups is 1. The number of nitrogens with zero attached hydrogens (tertiary/aromatic N) is 3. The predicted molar refractivity (Wildman–Crippen MR) is 116 cm³/mol. The van der Waals surface area contributed by atoms with Crippen LogP contribution in [0.5, 0.6) is 0 Å². The van der Waals surface area contributed by atoms with E-state index in [0.717, 1.165) is 27.8 Å². The summed E-state index contributed by atoms with van der Waals surface area (Å²) >= 11 is 0.967. The summed E-state index contributed by atoms with van der Waals surface area (Å²) < 4.78 is 15.6. The second-order valence-electron chi connectivity index (χ2n) is 7.43. The van der Waals surface area contributed by atoms with E-state index in [9.17, 15) is 18.8 Å². The molecule has 1 aromatic carbocycles. The lowest BCUT2D eigenvalue weighted by Crippen LogP contribution is -2.38. The molecular formula is C22H21FN4O3S. The summed E-state index contributed by atoms with van der Waals surface area (Å²) in [5.74, 6) is -0.647. The van der Waals surface area contributed by atoms with Crippen LogP contribution in [0.4, 0.5) is 9.18 Å². The number of hydrogen-bond acceptors (Lipinski definition) is 5. The van der Waals surface area contributed by atoms with Gasteiger partial charge in [-0.15, -0.1) is 0 Å². The first-order valence-corrected chi connectivity index (χ1v) is 10.8. The predicted octanol–water partition coefficient (Wildman–Crippen LogP) is 3.11. The highest BCUT2D eigenvalue weighted by molar-refractivity contribution is 8.14. The van der Waals surface area contributed by atoms with Crippen LogP contribution in [0.15, 0.2) is 36.5 Å². The lowest BCUT2D eigenvalue weighted by atomic mass is 10.1. The number of pyridine rings is 1. The minimum absolute atomic E-state index is 0.0486. The zero-order valence-electron chi connectivity index (χ0n) is 17.1. The molecule has 3 heterocycles. The maximum atomic E-state index is 13.8. The number of aryl methyl sites for hydroxylation is 2. The Labute approximate surface area is 182 Å². The van der Waals surface area contributed by atoms with Gasteiger partial charge in [0, 0.05) is 24.8 Å². The van der Waals surface area contributed by atoms with Gasteiger partial charge in [-0.25, -0.2) is 9.37 Å². The number of hydrogen-bond donors (Lipinski definition) is 1. The molecule has 1 aliphatic rings. The van der Waals surface area contributed by atoms with Crippen LogP contribution < -0.4 is 5.32 Å². The van der Waals surface area contributed by atoms with Gasteiger partial charge in [0.15, 0.2) is 0 Å². The van der Waals surface area contributed by atoms with E-state index in [2.05, 4.69) is 10.3 Å². The van der Waals surface area contributed by atoms with E-state index in [0.29, 0.717) is 22.6 Å². The van der Waals surface area contributed by atoms with Crippen molar-refractivity contribution in [1.82, 2.24) is 19.6 Å². The summed E-state index contributed by atoms with van der Waals surface area (Å²) in [6, 6.07) is 8.58. The monoisotopic (exact) mass is 440 g/mol. The number of nitrogens with one attached hydrogen (secondary N) is 1. The molecule has 7 nitrogen and oxygen atoms in total. The maximum absolute atomic E-state index is 13.8. The number of carbonyl (C=O) groups excluding carboxylic acids is 3. The molecule has 0 radical (unpaired) electrons. The Balaban J connectivity index is 1.57. The van der Waals surface area contributed by atoms with Crippen LogP contribution in [0.1, 0.15) is 16.8 Å². The molecule has 3 aromatic rings. The molecule has 0 saturated carbocycles. The highest BCUT2D eigenvalue weighted by atomic mass is 32.2. The fraction of sp³-hybridized carbons (Fsp3) is 0.273. The highest BCUT2D eigenvalue weighted by Crippen LogP contribution is 2.27. The van der Waals surface area contributed by atoms with Gasteiger partial charge in [-0.05, 0) is 49.2 Å². The largest absolute Gasteiger partial charge is 0.354 e. The van der Waals surface area contributed by atoms with E-state index < -0.39 is 0 Å². The van der Waals surface area contributed by atoms with Crippen LogP contribution in [0.25, 0.3) is 16.9 Å². The molecule has 0 bridgehead atoms. The Bertz CT molecular complexity index is 1190. The first-order valence-electron chi connectivity index (χ1n) is 9.81. The summed E-state index contributed by atoms with van der Waals surface area (Å²) in [6.07, 6.45) is 1.95. The normalized spacial score (nSPS) is 14.0. The van der Waals surface area contributed by atoms with E-state index in [1.165, 1.54) is 6.07 Å². The lowest BCUT2D eigenvalue weighted by molar-refractivity contribution is -0.125. The standard InChI is InChI=1S/C22H21FN4O3S/c1-13-3-6-18-25-21(15-4-5-16(23)14(2)9-15)17(27(18)11-13)10-19(28)24-7-8-26-20(29)12-31-22(26)30/h3-6,9,11H,7-8,10,12H2,1-2H3,(H,24,28). The first-order chi connectivity index (χ1) is 14.8. The van der Waals surface area contributed by atoms with Gasteiger partial charge >= 0.3 is 0 Å². The average molecular weight is 441 g/mol. The smallest absolute Gasteiger partial charge is 0.288 e. The Morgan fingerprint density at radius 2 is 2.03 bits per heavy atom. The van der Waals surface area contributed by atoms with Crippen molar-refractivity contribution in [2.24, 2.45) is 0 Å². The van der Waals surface area contributed by atoms with Crippen molar-refractivity contribution in [2.45, 2.75) is 20.3 Å². The quantitative estimate of drug-likeness (QED) is 0.637. The van der Waals surface area contributed by atoms with Crippen molar-refractivity contribution in [2.75, 3.05) is 18.8 Å². The molecule has 0 unspecified atom stereocenters. The maximum Gasteiger partial charge on any atom is 0.288 e. The zero-order chi connectivity index (χ0) is 22.1. The van der Waals surface area contributed by atoms with E-state index in [1.807, 2.05) is 29.7 Å². The van der Waals surface area contributed by atoms with Crippen molar-refractivity contribution in [1.29, 1.82) is 0 Å².